The largest absolute Gasteiger partial charge is 0.497 e. The Balaban J connectivity index is 0.992. The van der Waals surface area contributed by atoms with E-state index in [9.17, 15) is 0 Å². The predicted octanol–water partition coefficient (Wildman–Crippen LogP) is 14.9. The third-order valence-corrected chi connectivity index (χ3v) is 12.1. The van der Waals surface area contributed by atoms with Gasteiger partial charge in [-0.1, -0.05) is 164 Å². The molecule has 6 nitrogen and oxygen atoms in total. The number of para-hydroxylation sites is 2. The van der Waals surface area contributed by atoms with E-state index in [-0.39, 0.29) is 0 Å². The van der Waals surface area contributed by atoms with Crippen LogP contribution in [0.25, 0.3) is 67.6 Å². The summed E-state index contributed by atoms with van der Waals surface area (Å²) in [6.45, 7) is 0. The Labute approximate surface area is 385 Å². The van der Waals surface area contributed by atoms with Gasteiger partial charge in [-0.3, -0.25) is 4.57 Å². The van der Waals surface area contributed by atoms with Gasteiger partial charge in [0.1, 0.15) is 17.2 Å². The van der Waals surface area contributed by atoms with E-state index in [1.165, 1.54) is 5.56 Å². The van der Waals surface area contributed by atoms with E-state index in [1.54, 1.807) is 7.11 Å². The van der Waals surface area contributed by atoms with Gasteiger partial charge in [0.05, 0.1) is 29.9 Å². The number of methoxy groups -OCH3 is 1. The van der Waals surface area contributed by atoms with Crippen LogP contribution < -0.4 is 9.64 Å². The molecule has 0 unspecified atom stereocenters. The van der Waals surface area contributed by atoms with Gasteiger partial charge in [-0.2, -0.15) is 0 Å². The van der Waals surface area contributed by atoms with E-state index in [2.05, 4.69) is 238 Å². The molecule has 0 N–H and O–H groups in total. The highest BCUT2D eigenvalue weighted by Gasteiger charge is 2.23. The molecule has 0 saturated heterocycles. The topological polar surface area (TPSA) is 47.6 Å². The average molecular weight is 852 g/mol. The molecule has 0 amide bonds. The Kier molecular flexibility index (Phi) is 10.8. The maximum absolute atomic E-state index is 5.56. The summed E-state index contributed by atoms with van der Waals surface area (Å²) in [6, 6.07) is 82.7. The fourth-order valence-electron chi connectivity index (χ4n) is 8.89. The summed E-state index contributed by atoms with van der Waals surface area (Å²) in [7, 11) is 1.70. The van der Waals surface area contributed by atoms with Gasteiger partial charge in [0.2, 0.25) is 0 Å². The lowest BCUT2D eigenvalue weighted by atomic mass is 10.0. The molecule has 66 heavy (non-hydrogen) atoms. The van der Waals surface area contributed by atoms with Crippen LogP contribution in [0, 0.1) is 0 Å². The van der Waals surface area contributed by atoms with Crippen LogP contribution >= 0.6 is 0 Å². The summed E-state index contributed by atoms with van der Waals surface area (Å²) in [6.07, 6.45) is 2.96. The van der Waals surface area contributed by atoms with Gasteiger partial charge in [0.15, 0.2) is 0 Å². The van der Waals surface area contributed by atoms with E-state index in [0.29, 0.717) is 0 Å². The van der Waals surface area contributed by atoms with E-state index in [4.69, 9.17) is 14.7 Å². The van der Waals surface area contributed by atoms with Crippen molar-refractivity contribution in [1.82, 2.24) is 18.9 Å². The fraction of sp³-hybridized carbons (Fsp3) is 0.0333. The smallest absolute Gasteiger partial charge is 0.145 e. The Hall–Kier alpha value is -8.74. The highest BCUT2D eigenvalue weighted by molar-refractivity contribution is 5.85. The van der Waals surface area contributed by atoms with Gasteiger partial charge in [-0.25, -0.2) is 9.97 Å². The summed E-state index contributed by atoms with van der Waals surface area (Å²) in [4.78, 5) is 13.0. The lowest BCUT2D eigenvalue weighted by molar-refractivity contribution is 0.415. The lowest BCUT2D eigenvalue weighted by Crippen LogP contribution is -2.09. The number of pyridine rings is 1. The van der Waals surface area contributed by atoms with E-state index in [1.807, 2.05) is 18.2 Å². The molecule has 3 aromatic heterocycles. The van der Waals surface area contributed by atoms with Crippen molar-refractivity contribution in [3.63, 3.8) is 0 Å². The summed E-state index contributed by atoms with van der Waals surface area (Å²) in [5.74, 6) is 1.65. The summed E-state index contributed by atoms with van der Waals surface area (Å²) in [5.41, 5.74) is 16.9. The molecule has 0 radical (unpaired) electrons. The molecule has 0 fully saturated rings. The summed E-state index contributed by atoms with van der Waals surface area (Å²) in [5, 5.41) is 0. The van der Waals surface area contributed by atoms with Crippen LogP contribution in [-0.4, -0.2) is 26.0 Å². The quantitative estimate of drug-likeness (QED) is 0.123. The van der Waals surface area contributed by atoms with Gasteiger partial charge in [-0.15, -0.1) is 0 Å². The van der Waals surface area contributed by atoms with Gasteiger partial charge >= 0.3 is 0 Å². The van der Waals surface area contributed by atoms with Crippen molar-refractivity contribution in [3.05, 3.63) is 254 Å². The Morgan fingerprint density at radius 1 is 0.424 bits per heavy atom. The standard InChI is InChI=1S/C60H45N5O/c1-66-54-38-36-53(37-39-54)65-59(47-21-11-4-12-22-47)58(45-19-9-3-10-20-45)62-60(65)48-29-27-44(28-30-48)49-33-40-56-61-57(55(63(56)42-49)41-43-17-7-2-8-18-43)46-31-34-52(35-32-46)64(50-23-13-5-14-24-50)51-25-15-6-16-26-51/h2-40,42H,41H2,1H3. The van der Waals surface area contributed by atoms with E-state index >= 15 is 0 Å². The number of nitrogens with zero attached hydrogens (tertiary/aromatic N) is 5. The summed E-state index contributed by atoms with van der Waals surface area (Å²) < 4.78 is 10.1. The fourth-order valence-corrected chi connectivity index (χ4v) is 8.89. The molecule has 6 heteroatoms. The molecule has 0 spiro atoms. The monoisotopic (exact) mass is 851 g/mol. The Morgan fingerprint density at radius 2 is 0.924 bits per heavy atom. The second-order valence-electron chi connectivity index (χ2n) is 16.2. The summed E-state index contributed by atoms with van der Waals surface area (Å²) >= 11 is 0. The highest BCUT2D eigenvalue weighted by Crippen LogP contribution is 2.40. The second kappa shape index (κ2) is 17.8. The van der Waals surface area contributed by atoms with Crippen LogP contribution in [0.2, 0.25) is 0 Å². The zero-order valence-electron chi connectivity index (χ0n) is 36.4. The van der Waals surface area contributed by atoms with Crippen LogP contribution in [0.1, 0.15) is 11.3 Å². The molecule has 0 aliphatic heterocycles. The first-order valence-corrected chi connectivity index (χ1v) is 22.2. The molecule has 0 saturated carbocycles. The molecule has 11 aromatic rings. The minimum atomic E-state index is 0.725. The molecule has 0 aliphatic rings. The third-order valence-electron chi connectivity index (χ3n) is 12.1. The maximum Gasteiger partial charge on any atom is 0.145 e. The van der Waals surface area contributed by atoms with Crippen molar-refractivity contribution < 1.29 is 4.74 Å². The first-order chi connectivity index (χ1) is 32.7. The lowest BCUT2D eigenvalue weighted by Gasteiger charge is -2.25. The zero-order valence-corrected chi connectivity index (χ0v) is 36.4. The van der Waals surface area contributed by atoms with Crippen molar-refractivity contribution >= 4 is 22.7 Å². The molecule has 8 aromatic carbocycles. The first kappa shape index (κ1) is 40.1. The zero-order chi connectivity index (χ0) is 44.2. The van der Waals surface area contributed by atoms with Gasteiger partial charge < -0.3 is 14.0 Å². The highest BCUT2D eigenvalue weighted by atomic mass is 16.5. The number of rotatable bonds is 12. The molecule has 0 bridgehead atoms. The molecule has 316 valence electrons. The number of ether oxygens (including phenoxy) is 1. The van der Waals surface area contributed by atoms with E-state index < -0.39 is 0 Å². The van der Waals surface area contributed by atoms with Crippen molar-refractivity contribution in [2.45, 2.75) is 6.42 Å². The molecular formula is C60H45N5O. The minimum absolute atomic E-state index is 0.725. The normalized spacial score (nSPS) is 11.2. The number of anilines is 3. The average Bonchev–Trinajstić information content (AvgIpc) is 3.97. The number of imidazole rings is 2. The van der Waals surface area contributed by atoms with Crippen LogP contribution in [0.3, 0.4) is 0 Å². The minimum Gasteiger partial charge on any atom is -0.497 e. The van der Waals surface area contributed by atoms with Crippen LogP contribution in [0.4, 0.5) is 17.1 Å². The Morgan fingerprint density at radius 3 is 1.53 bits per heavy atom. The first-order valence-electron chi connectivity index (χ1n) is 22.2. The molecular weight excluding hydrogens is 807 g/mol. The van der Waals surface area contributed by atoms with Crippen molar-refractivity contribution in [1.29, 1.82) is 0 Å². The van der Waals surface area contributed by atoms with Crippen molar-refractivity contribution in [3.8, 4) is 67.7 Å². The maximum atomic E-state index is 5.56. The van der Waals surface area contributed by atoms with Gasteiger partial charge in [0, 0.05) is 57.6 Å². The number of aromatic nitrogens is 4. The second-order valence-corrected chi connectivity index (χ2v) is 16.2. The molecule has 11 rings (SSSR count). The SMILES string of the molecule is COc1ccc(-n2c(-c3ccc(-c4ccc5nc(-c6ccc(N(c7ccccc7)c7ccccc7)cc6)c(Cc6ccccc6)n5c4)cc3)nc(-c3ccccc3)c2-c2ccccc2)cc1. The number of hydrogen-bond acceptors (Lipinski definition) is 4. The van der Waals surface area contributed by atoms with Crippen LogP contribution in [0.5, 0.6) is 5.75 Å². The van der Waals surface area contributed by atoms with Crippen molar-refractivity contribution in [2.75, 3.05) is 12.0 Å². The van der Waals surface area contributed by atoms with Crippen LogP contribution in [-0.2, 0) is 6.42 Å². The Bertz CT molecular complexity index is 3330. The number of hydrogen-bond donors (Lipinski definition) is 0. The van der Waals surface area contributed by atoms with Crippen LogP contribution in [0.15, 0.2) is 243 Å². The third kappa shape index (κ3) is 7.82. The molecule has 3 heterocycles. The number of benzene rings is 8. The predicted molar refractivity (Wildman–Crippen MR) is 270 cm³/mol. The molecule has 0 aliphatic carbocycles. The molecule has 0 atom stereocenters. The van der Waals surface area contributed by atoms with Crippen molar-refractivity contribution in [2.24, 2.45) is 0 Å². The van der Waals surface area contributed by atoms with Gasteiger partial charge in [-0.05, 0) is 89.5 Å². The number of fused-ring (bicyclic) bond motifs is 1. The van der Waals surface area contributed by atoms with Gasteiger partial charge in [0.25, 0.3) is 0 Å². The van der Waals surface area contributed by atoms with E-state index in [0.717, 1.165) is 103 Å².